The third kappa shape index (κ3) is 205. The van der Waals surface area contributed by atoms with Gasteiger partial charge in [-0.05, 0) is 47.1 Å². The molecule has 0 aromatic heterocycles. The zero-order valence-corrected chi connectivity index (χ0v) is 8.72. The van der Waals surface area contributed by atoms with Crippen molar-refractivity contribution in [3.63, 3.8) is 0 Å². The molecule has 0 fully saturated rings. The van der Waals surface area contributed by atoms with Gasteiger partial charge in [0.05, 0.1) is 0 Å². The first-order valence-electron chi connectivity index (χ1n) is 0.873. The molecule has 0 heterocycles. The van der Waals surface area contributed by atoms with Crippen molar-refractivity contribution in [1.29, 1.82) is 0 Å². The summed E-state index contributed by atoms with van der Waals surface area (Å²) in [5, 5.41) is 15.9. The van der Waals surface area contributed by atoms with Crippen LogP contribution in [0.1, 0.15) is 0 Å². The Morgan fingerprint density at radius 1 is 0.444 bits per heavy atom. The molecule has 0 spiro atoms. The summed E-state index contributed by atoms with van der Waals surface area (Å²) in [6, 6.07) is 0. The fraction of sp³-hybridized carbons (Fsp3) is 0. The van der Waals surface area contributed by atoms with Crippen molar-refractivity contribution in [2.75, 3.05) is 0 Å². The first kappa shape index (κ1) is 31.0. The first-order chi connectivity index (χ1) is 4.00. The van der Waals surface area contributed by atoms with Crippen LogP contribution in [0.15, 0.2) is 0 Å². The van der Waals surface area contributed by atoms with Crippen LogP contribution in [0.2, 0.25) is 0 Å². The van der Waals surface area contributed by atoms with E-state index in [4.69, 9.17) is 0 Å². The van der Waals surface area contributed by atoms with E-state index in [0.29, 0.717) is 0 Å². The molecule has 0 aliphatic heterocycles. The summed E-state index contributed by atoms with van der Waals surface area (Å²) >= 11 is 16.6. The van der Waals surface area contributed by atoms with E-state index in [1.54, 1.807) is 0 Å². The molecule has 8 N–H and O–H groups in total. The van der Waals surface area contributed by atoms with Gasteiger partial charge in [-0.3, -0.25) is 0 Å². The molecule has 0 saturated carbocycles. The average Bonchev–Trinajstić information content (AvgIpc) is 2.03. The summed E-state index contributed by atoms with van der Waals surface area (Å²) in [7, 11) is 0. The van der Waals surface area contributed by atoms with Crippen molar-refractivity contribution in [2.24, 2.45) is 21.0 Å². The van der Waals surface area contributed by atoms with Crippen molar-refractivity contribution in [2.45, 2.75) is 0 Å². The molecule has 0 saturated heterocycles. The Kier molecular flexibility index (Phi) is 905. The van der Waals surface area contributed by atoms with Crippen LogP contribution in [0.25, 0.3) is 0 Å². The van der Waals surface area contributed by atoms with Crippen molar-refractivity contribution in [1.82, 2.24) is 0 Å². The molecule has 0 atom stereocenters. The largest absolute Gasteiger partial charge is 0.247 e. The van der Waals surface area contributed by atoms with Crippen molar-refractivity contribution >= 4 is 47.1 Å². The van der Waals surface area contributed by atoms with E-state index in [-0.39, 0.29) is 20.4 Å². The Hall–Kier alpha value is 1.66. The van der Waals surface area contributed by atoms with Crippen LogP contribution < -0.4 is 21.0 Å². The van der Waals surface area contributed by atoms with Crippen LogP contribution in [0, 0.1) is 0 Å². The fourth-order valence-corrected chi connectivity index (χ4v) is 0. The minimum absolute atomic E-state index is 0. The number of halogens is 4. The molecule has 0 radical (unpaired) electrons. The molecule has 0 unspecified atom stereocenters. The van der Waals surface area contributed by atoms with Gasteiger partial charge >= 0.3 is 0 Å². The molecule has 9 heteroatoms. The average molecular weight is 312 g/mol. The second-order valence-electron chi connectivity index (χ2n) is 0. The summed E-state index contributed by atoms with van der Waals surface area (Å²) in [6.45, 7) is 0. The van der Waals surface area contributed by atoms with E-state index in [2.05, 4.69) is 68.1 Å². The summed E-state index contributed by atoms with van der Waals surface area (Å²) in [4.78, 5) is 0. The second kappa shape index (κ2) is 262. The number of hydrogen-bond donors (Lipinski definition) is 4. The van der Waals surface area contributed by atoms with Gasteiger partial charge in [0.2, 0.25) is 0 Å². The van der Waals surface area contributed by atoms with Crippen LogP contribution in [0.3, 0.4) is 0 Å². The number of rotatable bonds is 0. The molecule has 0 aliphatic carbocycles. The van der Waals surface area contributed by atoms with Gasteiger partial charge in [0.25, 0.3) is 0 Å². The Morgan fingerprint density at radius 2 is 0.444 bits per heavy atom. The Morgan fingerprint density at radius 3 is 0.444 bits per heavy atom. The van der Waals surface area contributed by atoms with E-state index in [0.717, 1.165) is 0 Å². The Balaban J connectivity index is -0.00000000762. The second-order valence-corrected chi connectivity index (χ2v) is 0. The van der Waals surface area contributed by atoms with Gasteiger partial charge in [-0.1, -0.05) is 0 Å². The van der Waals surface area contributed by atoms with E-state index in [1.165, 1.54) is 0 Å². The topological polar surface area (TPSA) is 104 Å². The van der Waals surface area contributed by atoms with Crippen LogP contribution >= 0.6 is 47.1 Å². The molecular formula is H8Cl4N4Pd. The number of hydrogen-bond acceptors (Lipinski definition) is 4. The predicted octanol–water partition coefficient (Wildman–Crippen LogP) is 0.393. The Bertz CT molecular complexity index is 12.5. The standard InChI is InChI=1S/4ClH2N.Pd/c4*1-2;/h4*2H2;. The number of nitrogens with two attached hydrogens (primary N) is 4. The van der Waals surface area contributed by atoms with Gasteiger partial charge in [0.15, 0.2) is 0 Å². The van der Waals surface area contributed by atoms with E-state index in [1.807, 2.05) is 0 Å². The van der Waals surface area contributed by atoms with E-state index >= 15 is 0 Å². The van der Waals surface area contributed by atoms with Crippen LogP contribution in [-0.2, 0) is 20.4 Å². The zero-order chi connectivity index (χ0) is 8.00. The molecule has 66 valence electrons. The van der Waals surface area contributed by atoms with Crippen molar-refractivity contribution in [3.8, 4) is 0 Å². The fourth-order valence-electron chi connectivity index (χ4n) is 0. The maximum Gasteiger partial charge on any atom is 0 e. The first-order valence-corrected chi connectivity index (χ1v) is 2.62. The van der Waals surface area contributed by atoms with E-state index in [9.17, 15) is 0 Å². The van der Waals surface area contributed by atoms with Gasteiger partial charge in [0.1, 0.15) is 0 Å². The molecule has 0 aromatic carbocycles. The maximum absolute atomic E-state index is 4.14. The normalized spacial score (nSPS) is 2.67. The zero-order valence-electron chi connectivity index (χ0n) is 4.14. The summed E-state index contributed by atoms with van der Waals surface area (Å²) < 4.78 is 0. The van der Waals surface area contributed by atoms with E-state index < -0.39 is 0 Å². The van der Waals surface area contributed by atoms with Crippen molar-refractivity contribution in [3.05, 3.63) is 0 Å². The van der Waals surface area contributed by atoms with Crippen LogP contribution in [0.5, 0.6) is 0 Å². The molecule has 9 heavy (non-hydrogen) atoms. The quantitative estimate of drug-likeness (QED) is 0.384. The smallest absolute Gasteiger partial charge is 0 e. The molecule has 0 bridgehead atoms. The van der Waals surface area contributed by atoms with Gasteiger partial charge in [-0.15, -0.1) is 0 Å². The van der Waals surface area contributed by atoms with Gasteiger partial charge in [-0.25, -0.2) is 21.0 Å². The van der Waals surface area contributed by atoms with Crippen LogP contribution in [0.4, 0.5) is 0 Å². The van der Waals surface area contributed by atoms with Crippen molar-refractivity contribution < 1.29 is 20.4 Å². The third-order valence-corrected chi connectivity index (χ3v) is 0. The van der Waals surface area contributed by atoms with Crippen LogP contribution in [-0.4, -0.2) is 0 Å². The molecule has 0 amide bonds. The van der Waals surface area contributed by atoms with Gasteiger partial charge < -0.3 is 0 Å². The summed E-state index contributed by atoms with van der Waals surface area (Å²) in [5.74, 6) is 0. The molecule has 0 aliphatic rings. The molecule has 0 rings (SSSR count). The SMILES string of the molecule is NCl.NCl.NCl.NCl.[Pd]. The predicted molar refractivity (Wildman–Crippen MR) is 40.2 cm³/mol. The monoisotopic (exact) mass is 310 g/mol. The maximum atomic E-state index is 4.14. The molecular weight excluding hydrogens is 304 g/mol. The summed E-state index contributed by atoms with van der Waals surface area (Å²) in [5.41, 5.74) is 0. The summed E-state index contributed by atoms with van der Waals surface area (Å²) in [6.07, 6.45) is 0. The van der Waals surface area contributed by atoms with Gasteiger partial charge in [-0.2, -0.15) is 0 Å². The minimum atomic E-state index is 0. The molecule has 0 aromatic rings. The third-order valence-electron chi connectivity index (χ3n) is 0. The Labute approximate surface area is 88.2 Å². The minimum Gasteiger partial charge on any atom is -0.247 e. The molecule has 4 nitrogen and oxygen atoms in total. The van der Waals surface area contributed by atoms with Gasteiger partial charge in [0, 0.05) is 20.4 Å².